The van der Waals surface area contributed by atoms with Crippen molar-refractivity contribution in [2.24, 2.45) is 0 Å². The summed E-state index contributed by atoms with van der Waals surface area (Å²) in [5.74, 6) is 1.53. The molecule has 0 saturated carbocycles. The summed E-state index contributed by atoms with van der Waals surface area (Å²) in [6, 6.07) is 5.84. The van der Waals surface area contributed by atoms with Gasteiger partial charge in [0.05, 0.1) is 20.8 Å². The molecule has 1 fully saturated rings. The van der Waals surface area contributed by atoms with Gasteiger partial charge in [-0.3, -0.25) is 0 Å². The molecule has 1 atom stereocenters. The van der Waals surface area contributed by atoms with Crippen LogP contribution in [0.4, 0.5) is 0 Å². The van der Waals surface area contributed by atoms with Crippen LogP contribution < -0.4 is 14.8 Å². The summed E-state index contributed by atoms with van der Waals surface area (Å²) in [5, 5.41) is 13.2. The number of aliphatic hydroxyl groups is 1. The standard InChI is InChI=1S/C14H21NO3/c1-17-12-6-11(7-13(8-12)18-2)14(10-16)4-3-5-15-9-14/h6-8,15-16H,3-5,9-10H2,1-2H3. The maximum atomic E-state index is 9.80. The highest BCUT2D eigenvalue weighted by atomic mass is 16.5. The number of piperidine rings is 1. The number of benzene rings is 1. The van der Waals surface area contributed by atoms with Crippen LogP contribution in [0.25, 0.3) is 0 Å². The predicted octanol–water partition coefficient (Wildman–Crippen LogP) is 1.32. The van der Waals surface area contributed by atoms with Crippen molar-refractivity contribution in [3.63, 3.8) is 0 Å². The zero-order valence-corrected chi connectivity index (χ0v) is 11.0. The fourth-order valence-corrected chi connectivity index (χ4v) is 2.55. The Labute approximate surface area is 108 Å². The van der Waals surface area contributed by atoms with Gasteiger partial charge < -0.3 is 19.9 Å². The van der Waals surface area contributed by atoms with Gasteiger partial charge in [0, 0.05) is 18.0 Å². The van der Waals surface area contributed by atoms with E-state index in [4.69, 9.17) is 9.47 Å². The first-order valence-corrected chi connectivity index (χ1v) is 6.29. The summed E-state index contributed by atoms with van der Waals surface area (Å²) in [6.45, 7) is 1.94. The molecule has 1 heterocycles. The van der Waals surface area contributed by atoms with Gasteiger partial charge >= 0.3 is 0 Å². The number of rotatable bonds is 4. The molecule has 0 aromatic heterocycles. The van der Waals surface area contributed by atoms with E-state index in [1.165, 1.54) is 0 Å². The molecular weight excluding hydrogens is 230 g/mol. The fourth-order valence-electron chi connectivity index (χ4n) is 2.55. The van der Waals surface area contributed by atoms with E-state index in [0.717, 1.165) is 43.0 Å². The topological polar surface area (TPSA) is 50.7 Å². The molecule has 4 heteroatoms. The highest BCUT2D eigenvalue weighted by Gasteiger charge is 2.34. The van der Waals surface area contributed by atoms with Gasteiger partial charge in [-0.15, -0.1) is 0 Å². The van der Waals surface area contributed by atoms with E-state index in [1.807, 2.05) is 18.2 Å². The lowest BCUT2D eigenvalue weighted by Crippen LogP contribution is -2.46. The van der Waals surface area contributed by atoms with Gasteiger partial charge in [0.1, 0.15) is 11.5 Å². The third-order valence-corrected chi connectivity index (χ3v) is 3.74. The Bertz CT molecular complexity index is 378. The van der Waals surface area contributed by atoms with E-state index < -0.39 is 0 Å². The molecule has 4 nitrogen and oxygen atoms in total. The molecule has 1 aromatic carbocycles. The van der Waals surface area contributed by atoms with E-state index in [0.29, 0.717) is 0 Å². The average molecular weight is 251 g/mol. The largest absolute Gasteiger partial charge is 0.497 e. The van der Waals surface area contributed by atoms with Gasteiger partial charge in [-0.1, -0.05) is 0 Å². The van der Waals surface area contributed by atoms with Gasteiger partial charge in [0.2, 0.25) is 0 Å². The lowest BCUT2D eigenvalue weighted by Gasteiger charge is -2.36. The molecule has 0 spiro atoms. The molecule has 2 N–H and O–H groups in total. The number of methoxy groups -OCH3 is 2. The monoisotopic (exact) mass is 251 g/mol. The Morgan fingerprint density at radius 3 is 2.33 bits per heavy atom. The average Bonchev–Trinajstić information content (AvgIpc) is 2.47. The second kappa shape index (κ2) is 5.59. The molecule has 0 amide bonds. The highest BCUT2D eigenvalue weighted by Crippen LogP contribution is 2.35. The Balaban J connectivity index is 2.40. The van der Waals surface area contributed by atoms with Crippen LogP contribution in [0, 0.1) is 0 Å². The molecule has 2 rings (SSSR count). The van der Waals surface area contributed by atoms with E-state index >= 15 is 0 Å². The lowest BCUT2D eigenvalue weighted by atomic mass is 9.75. The molecular formula is C14H21NO3. The number of aliphatic hydroxyl groups excluding tert-OH is 1. The normalized spacial score (nSPS) is 23.7. The van der Waals surface area contributed by atoms with E-state index in [-0.39, 0.29) is 12.0 Å². The molecule has 18 heavy (non-hydrogen) atoms. The molecule has 1 aliphatic heterocycles. The van der Waals surface area contributed by atoms with Crippen LogP contribution in [0.2, 0.25) is 0 Å². The summed E-state index contributed by atoms with van der Waals surface area (Å²) >= 11 is 0. The van der Waals surface area contributed by atoms with Gasteiger partial charge in [0.15, 0.2) is 0 Å². The van der Waals surface area contributed by atoms with E-state index in [2.05, 4.69) is 5.32 Å². The Hall–Kier alpha value is -1.26. The van der Waals surface area contributed by atoms with Crippen molar-refractivity contribution in [2.75, 3.05) is 33.9 Å². The molecule has 1 unspecified atom stereocenters. The van der Waals surface area contributed by atoms with Gasteiger partial charge in [-0.05, 0) is 37.1 Å². The summed E-state index contributed by atoms with van der Waals surface area (Å²) in [4.78, 5) is 0. The van der Waals surface area contributed by atoms with Gasteiger partial charge in [-0.25, -0.2) is 0 Å². The maximum absolute atomic E-state index is 9.80. The van der Waals surface area contributed by atoms with Crippen molar-refractivity contribution in [1.82, 2.24) is 5.32 Å². The summed E-state index contributed by atoms with van der Waals surface area (Å²) in [5.41, 5.74) is 0.855. The van der Waals surface area contributed by atoms with Crippen LogP contribution in [0.15, 0.2) is 18.2 Å². The first-order valence-electron chi connectivity index (χ1n) is 6.29. The van der Waals surface area contributed by atoms with E-state index in [9.17, 15) is 5.11 Å². The fraction of sp³-hybridized carbons (Fsp3) is 0.571. The smallest absolute Gasteiger partial charge is 0.122 e. The minimum atomic E-state index is -0.222. The van der Waals surface area contributed by atoms with Crippen LogP contribution >= 0.6 is 0 Å². The van der Waals surface area contributed by atoms with E-state index in [1.54, 1.807) is 14.2 Å². The molecule has 1 saturated heterocycles. The lowest BCUT2D eigenvalue weighted by molar-refractivity contribution is 0.162. The quantitative estimate of drug-likeness (QED) is 0.847. The third kappa shape index (κ3) is 2.44. The zero-order chi connectivity index (χ0) is 13.0. The van der Waals surface area contributed by atoms with Crippen LogP contribution in [-0.2, 0) is 5.41 Å². The van der Waals surface area contributed by atoms with Gasteiger partial charge in [-0.2, -0.15) is 0 Å². The maximum Gasteiger partial charge on any atom is 0.122 e. The SMILES string of the molecule is COc1cc(OC)cc(C2(CO)CCCNC2)c1. The van der Waals surface area contributed by atoms with Crippen molar-refractivity contribution < 1.29 is 14.6 Å². The molecule has 1 aromatic rings. The van der Waals surface area contributed by atoms with Crippen molar-refractivity contribution in [3.05, 3.63) is 23.8 Å². The summed E-state index contributed by atoms with van der Waals surface area (Å²) in [7, 11) is 3.28. The van der Waals surface area contributed by atoms with Crippen LogP contribution in [0.1, 0.15) is 18.4 Å². The Morgan fingerprint density at radius 2 is 1.89 bits per heavy atom. The first-order chi connectivity index (χ1) is 8.74. The molecule has 0 radical (unpaired) electrons. The molecule has 100 valence electrons. The van der Waals surface area contributed by atoms with Crippen LogP contribution in [0.3, 0.4) is 0 Å². The molecule has 0 bridgehead atoms. The minimum Gasteiger partial charge on any atom is -0.497 e. The minimum absolute atomic E-state index is 0.135. The Kier molecular flexibility index (Phi) is 4.09. The van der Waals surface area contributed by atoms with Gasteiger partial charge in [0.25, 0.3) is 0 Å². The van der Waals surface area contributed by atoms with Crippen molar-refractivity contribution in [3.8, 4) is 11.5 Å². The van der Waals surface area contributed by atoms with Crippen molar-refractivity contribution >= 4 is 0 Å². The van der Waals surface area contributed by atoms with Crippen molar-refractivity contribution in [2.45, 2.75) is 18.3 Å². The zero-order valence-electron chi connectivity index (χ0n) is 11.0. The second-order valence-corrected chi connectivity index (χ2v) is 4.82. The Morgan fingerprint density at radius 1 is 1.22 bits per heavy atom. The number of ether oxygens (including phenoxy) is 2. The number of nitrogens with one attached hydrogen (secondary N) is 1. The number of hydrogen-bond donors (Lipinski definition) is 2. The summed E-state index contributed by atoms with van der Waals surface area (Å²) in [6.07, 6.45) is 2.05. The number of hydrogen-bond acceptors (Lipinski definition) is 4. The molecule has 1 aliphatic rings. The van der Waals surface area contributed by atoms with Crippen LogP contribution in [-0.4, -0.2) is 39.0 Å². The highest BCUT2D eigenvalue weighted by molar-refractivity contribution is 5.42. The van der Waals surface area contributed by atoms with Crippen molar-refractivity contribution in [1.29, 1.82) is 0 Å². The molecule has 0 aliphatic carbocycles. The van der Waals surface area contributed by atoms with Crippen LogP contribution in [0.5, 0.6) is 11.5 Å². The summed E-state index contributed by atoms with van der Waals surface area (Å²) < 4.78 is 10.6. The first kappa shape index (κ1) is 13.2. The second-order valence-electron chi connectivity index (χ2n) is 4.82. The third-order valence-electron chi connectivity index (χ3n) is 3.74. The predicted molar refractivity (Wildman–Crippen MR) is 70.4 cm³/mol.